The Morgan fingerprint density at radius 1 is 1.24 bits per heavy atom. The molecule has 0 spiro atoms. The Labute approximate surface area is 148 Å². The molecule has 0 radical (unpaired) electrons. The first-order valence-electron chi connectivity index (χ1n) is 8.69. The fourth-order valence-corrected chi connectivity index (χ4v) is 2.70. The van der Waals surface area contributed by atoms with E-state index in [0.717, 1.165) is 18.6 Å². The smallest absolute Gasteiger partial charge is 0.407 e. The largest absolute Gasteiger partial charge is 0.494 e. The molecular formula is C19H26N2O4. The molecule has 2 rings (SSSR count). The summed E-state index contributed by atoms with van der Waals surface area (Å²) < 4.78 is 10.5. The Hall–Kier alpha value is -2.50. The summed E-state index contributed by atoms with van der Waals surface area (Å²) in [6.07, 6.45) is 3.77. The standard InChI is InChI=1S/C19H26N2O4/c1-2-14-25-19(23)20-16-10-12-21(13-11-16)18(22)9-6-15-24-17-7-4-3-5-8-17/h2-5,7-8,16H,1,6,9-15H2,(H,20,23). The van der Waals surface area contributed by atoms with Crippen LogP contribution in [-0.4, -0.2) is 49.2 Å². The number of rotatable bonds is 8. The van der Waals surface area contributed by atoms with Crippen molar-refractivity contribution in [2.24, 2.45) is 0 Å². The molecule has 2 amide bonds. The van der Waals surface area contributed by atoms with Gasteiger partial charge >= 0.3 is 6.09 Å². The maximum absolute atomic E-state index is 12.2. The first kappa shape index (κ1) is 18.8. The second kappa shape index (κ2) is 10.4. The number of nitrogens with zero attached hydrogens (tertiary/aromatic N) is 1. The molecule has 1 heterocycles. The van der Waals surface area contributed by atoms with Gasteiger partial charge in [-0.2, -0.15) is 0 Å². The quantitative estimate of drug-likeness (QED) is 0.580. The second-order valence-electron chi connectivity index (χ2n) is 5.95. The van der Waals surface area contributed by atoms with Crippen molar-refractivity contribution in [2.45, 2.75) is 31.7 Å². The van der Waals surface area contributed by atoms with E-state index >= 15 is 0 Å². The topological polar surface area (TPSA) is 67.9 Å². The number of hydrogen-bond acceptors (Lipinski definition) is 4. The minimum absolute atomic E-state index is 0.0581. The Morgan fingerprint density at radius 3 is 2.64 bits per heavy atom. The molecule has 0 aromatic heterocycles. The monoisotopic (exact) mass is 346 g/mol. The van der Waals surface area contributed by atoms with Crippen molar-refractivity contribution in [3.63, 3.8) is 0 Å². The van der Waals surface area contributed by atoms with Crippen molar-refractivity contribution in [1.82, 2.24) is 10.2 Å². The van der Waals surface area contributed by atoms with Gasteiger partial charge in [-0.15, -0.1) is 0 Å². The van der Waals surface area contributed by atoms with Crippen LogP contribution in [0.4, 0.5) is 4.79 Å². The molecule has 25 heavy (non-hydrogen) atoms. The van der Waals surface area contributed by atoms with Gasteiger partial charge < -0.3 is 19.7 Å². The van der Waals surface area contributed by atoms with E-state index in [9.17, 15) is 9.59 Å². The number of carbonyl (C=O) groups is 2. The lowest BCUT2D eigenvalue weighted by molar-refractivity contribution is -0.132. The van der Waals surface area contributed by atoms with Gasteiger partial charge in [-0.25, -0.2) is 4.79 Å². The highest BCUT2D eigenvalue weighted by molar-refractivity contribution is 5.76. The number of likely N-dealkylation sites (tertiary alicyclic amines) is 1. The number of para-hydroxylation sites is 1. The van der Waals surface area contributed by atoms with Gasteiger partial charge in [0.25, 0.3) is 0 Å². The molecule has 1 aromatic carbocycles. The molecule has 1 fully saturated rings. The zero-order chi connectivity index (χ0) is 17.9. The lowest BCUT2D eigenvalue weighted by atomic mass is 10.0. The summed E-state index contributed by atoms with van der Waals surface area (Å²) >= 11 is 0. The van der Waals surface area contributed by atoms with Crippen molar-refractivity contribution >= 4 is 12.0 Å². The van der Waals surface area contributed by atoms with Crippen LogP contribution in [0, 0.1) is 0 Å². The number of carbonyl (C=O) groups excluding carboxylic acids is 2. The number of ether oxygens (including phenoxy) is 2. The molecule has 0 bridgehead atoms. The highest BCUT2D eigenvalue weighted by atomic mass is 16.5. The van der Waals surface area contributed by atoms with Crippen molar-refractivity contribution in [1.29, 1.82) is 0 Å². The highest BCUT2D eigenvalue weighted by Gasteiger charge is 2.23. The fourth-order valence-electron chi connectivity index (χ4n) is 2.70. The molecule has 1 aliphatic rings. The van der Waals surface area contributed by atoms with Crippen LogP contribution in [0.15, 0.2) is 43.0 Å². The third kappa shape index (κ3) is 6.87. The van der Waals surface area contributed by atoms with E-state index in [2.05, 4.69) is 11.9 Å². The maximum Gasteiger partial charge on any atom is 0.407 e. The van der Waals surface area contributed by atoms with Gasteiger partial charge in [0.1, 0.15) is 12.4 Å². The van der Waals surface area contributed by atoms with Gasteiger partial charge in [-0.3, -0.25) is 4.79 Å². The minimum atomic E-state index is -0.428. The van der Waals surface area contributed by atoms with Crippen LogP contribution in [0.3, 0.4) is 0 Å². The van der Waals surface area contributed by atoms with Gasteiger partial charge in [-0.05, 0) is 31.4 Å². The zero-order valence-corrected chi connectivity index (χ0v) is 14.5. The van der Waals surface area contributed by atoms with Crippen molar-refractivity contribution in [3.8, 4) is 5.75 Å². The normalized spacial score (nSPS) is 14.6. The average Bonchev–Trinajstić information content (AvgIpc) is 2.65. The van der Waals surface area contributed by atoms with Crippen LogP contribution in [-0.2, 0) is 9.53 Å². The lowest BCUT2D eigenvalue weighted by Crippen LogP contribution is -2.46. The molecule has 0 atom stereocenters. The van der Waals surface area contributed by atoms with Crippen molar-refractivity contribution in [2.75, 3.05) is 26.3 Å². The lowest BCUT2D eigenvalue weighted by Gasteiger charge is -2.32. The van der Waals surface area contributed by atoms with Crippen molar-refractivity contribution in [3.05, 3.63) is 43.0 Å². The summed E-state index contributed by atoms with van der Waals surface area (Å²) in [5, 5.41) is 2.82. The van der Waals surface area contributed by atoms with Gasteiger partial charge in [-0.1, -0.05) is 30.9 Å². The molecule has 6 heteroatoms. The van der Waals surface area contributed by atoms with Gasteiger partial charge in [0, 0.05) is 25.6 Å². The van der Waals surface area contributed by atoms with Crippen LogP contribution in [0.1, 0.15) is 25.7 Å². The predicted octanol–water partition coefficient (Wildman–Crippen LogP) is 2.75. The Bertz CT molecular complexity index is 554. The zero-order valence-electron chi connectivity index (χ0n) is 14.5. The van der Waals surface area contributed by atoms with Crippen LogP contribution in [0.5, 0.6) is 5.75 Å². The summed E-state index contributed by atoms with van der Waals surface area (Å²) in [5.74, 6) is 0.967. The number of amides is 2. The molecular weight excluding hydrogens is 320 g/mol. The third-order valence-corrected chi connectivity index (χ3v) is 4.05. The van der Waals surface area contributed by atoms with Crippen LogP contribution < -0.4 is 10.1 Å². The van der Waals surface area contributed by atoms with E-state index < -0.39 is 6.09 Å². The number of benzene rings is 1. The molecule has 1 aliphatic heterocycles. The molecule has 1 N–H and O–H groups in total. The third-order valence-electron chi connectivity index (χ3n) is 4.05. The maximum atomic E-state index is 12.2. The Kier molecular flexibility index (Phi) is 7.82. The molecule has 136 valence electrons. The Balaban J connectivity index is 1.59. The highest BCUT2D eigenvalue weighted by Crippen LogP contribution is 2.13. The van der Waals surface area contributed by atoms with Gasteiger partial charge in [0.15, 0.2) is 0 Å². The van der Waals surface area contributed by atoms with E-state index in [1.165, 1.54) is 6.08 Å². The number of hydrogen-bond donors (Lipinski definition) is 1. The van der Waals surface area contributed by atoms with E-state index in [0.29, 0.717) is 32.5 Å². The van der Waals surface area contributed by atoms with E-state index in [-0.39, 0.29) is 18.6 Å². The van der Waals surface area contributed by atoms with Gasteiger partial charge in [0.05, 0.1) is 6.61 Å². The first-order chi connectivity index (χ1) is 12.2. The summed E-state index contributed by atoms with van der Waals surface area (Å²) in [5.41, 5.74) is 0. The molecule has 0 saturated carbocycles. The summed E-state index contributed by atoms with van der Waals surface area (Å²) in [7, 11) is 0. The number of piperidine rings is 1. The summed E-state index contributed by atoms with van der Waals surface area (Å²) in [4.78, 5) is 25.6. The fraction of sp³-hybridized carbons (Fsp3) is 0.474. The molecule has 1 saturated heterocycles. The SMILES string of the molecule is C=CCOC(=O)NC1CCN(C(=O)CCCOc2ccccc2)CC1. The van der Waals surface area contributed by atoms with E-state index in [1.807, 2.05) is 35.2 Å². The average molecular weight is 346 g/mol. The predicted molar refractivity (Wildman–Crippen MR) is 95.5 cm³/mol. The van der Waals surface area contributed by atoms with E-state index in [1.54, 1.807) is 0 Å². The second-order valence-corrected chi connectivity index (χ2v) is 5.95. The number of nitrogens with one attached hydrogen (secondary N) is 1. The summed E-state index contributed by atoms with van der Waals surface area (Å²) in [6.45, 7) is 5.55. The van der Waals surface area contributed by atoms with E-state index in [4.69, 9.17) is 9.47 Å². The van der Waals surface area contributed by atoms with Crippen molar-refractivity contribution < 1.29 is 19.1 Å². The minimum Gasteiger partial charge on any atom is -0.494 e. The van der Waals surface area contributed by atoms with Crippen LogP contribution >= 0.6 is 0 Å². The molecule has 0 aliphatic carbocycles. The van der Waals surface area contributed by atoms with Crippen LogP contribution in [0.25, 0.3) is 0 Å². The first-order valence-corrected chi connectivity index (χ1v) is 8.69. The Morgan fingerprint density at radius 2 is 1.96 bits per heavy atom. The number of alkyl carbamates (subject to hydrolysis) is 1. The summed E-state index contributed by atoms with van der Waals surface area (Å²) in [6, 6.07) is 9.65. The van der Waals surface area contributed by atoms with Crippen LogP contribution in [0.2, 0.25) is 0 Å². The molecule has 6 nitrogen and oxygen atoms in total. The van der Waals surface area contributed by atoms with Gasteiger partial charge in [0.2, 0.25) is 5.91 Å². The molecule has 1 aromatic rings. The molecule has 0 unspecified atom stereocenters.